The number of ether oxygens (including phenoxy) is 2. The number of likely N-dealkylation sites (tertiary alicyclic amines) is 2. The molecule has 2 aliphatic rings. The first-order chi connectivity index (χ1) is 20.7. The molecule has 9 nitrogen and oxygen atoms in total. The Morgan fingerprint density at radius 2 is 1.68 bits per heavy atom. The van der Waals surface area contributed by atoms with Gasteiger partial charge in [0.15, 0.2) is 0 Å². The molecule has 1 aromatic rings. The summed E-state index contributed by atoms with van der Waals surface area (Å²) in [6.45, 7) is 7.16. The molecule has 0 unspecified atom stereocenters. The second-order valence-corrected chi connectivity index (χ2v) is 12.4. The van der Waals surface area contributed by atoms with Crippen molar-refractivity contribution in [2.24, 2.45) is 11.8 Å². The fraction of sp³-hybridized carbons (Fsp3) is 0.625. The van der Waals surface area contributed by atoms with Crippen LogP contribution in [0.15, 0.2) is 24.3 Å². The highest BCUT2D eigenvalue weighted by Gasteiger charge is 2.33. The maximum atomic E-state index is 13.1. The number of benzene rings is 1. The third-order valence-electron chi connectivity index (χ3n) is 7.76. The van der Waals surface area contributed by atoms with Gasteiger partial charge in [0.2, 0.25) is 11.8 Å². The SMILES string of the molecule is C#CC[C@H](NC(=O)[C@@H]1CCCN(C(=O)CCC2CCN(C(=O)OC(C)(C)C)CC2)C1)C(=O)OCc1ccc(C(F)(F)F)cc1. The summed E-state index contributed by atoms with van der Waals surface area (Å²) in [6, 6.07) is 3.10. The van der Waals surface area contributed by atoms with Gasteiger partial charge in [-0.1, -0.05) is 12.1 Å². The molecule has 12 heteroatoms. The summed E-state index contributed by atoms with van der Waals surface area (Å²) >= 11 is 0. The fourth-order valence-electron chi connectivity index (χ4n) is 5.28. The Labute approximate surface area is 256 Å². The largest absolute Gasteiger partial charge is 0.459 e. The molecule has 0 spiro atoms. The summed E-state index contributed by atoms with van der Waals surface area (Å²) < 4.78 is 49.0. The number of nitrogens with one attached hydrogen (secondary N) is 1. The molecular weight excluding hydrogens is 579 g/mol. The lowest BCUT2D eigenvalue weighted by Gasteiger charge is -2.35. The summed E-state index contributed by atoms with van der Waals surface area (Å²) in [5.41, 5.74) is -1.01. The Kier molecular flexibility index (Phi) is 12.1. The molecule has 1 N–H and O–H groups in total. The van der Waals surface area contributed by atoms with Crippen molar-refractivity contribution in [1.82, 2.24) is 15.1 Å². The lowest BCUT2D eigenvalue weighted by Crippen LogP contribution is -2.49. The number of halogens is 3. The molecule has 2 heterocycles. The Morgan fingerprint density at radius 3 is 2.27 bits per heavy atom. The lowest BCUT2D eigenvalue weighted by molar-refractivity contribution is -0.150. The first-order valence-corrected chi connectivity index (χ1v) is 15.0. The number of terminal acetylenes is 1. The van der Waals surface area contributed by atoms with Crippen LogP contribution < -0.4 is 5.32 Å². The topological polar surface area (TPSA) is 105 Å². The monoisotopic (exact) mass is 621 g/mol. The zero-order chi connectivity index (χ0) is 32.5. The average molecular weight is 622 g/mol. The van der Waals surface area contributed by atoms with Crippen LogP contribution in [0.25, 0.3) is 0 Å². The minimum absolute atomic E-state index is 0.0341. The van der Waals surface area contributed by atoms with Crippen LogP contribution in [0.1, 0.15) is 76.8 Å². The van der Waals surface area contributed by atoms with Gasteiger partial charge in [0.05, 0.1) is 11.5 Å². The van der Waals surface area contributed by atoms with Gasteiger partial charge >= 0.3 is 18.2 Å². The predicted molar refractivity (Wildman–Crippen MR) is 156 cm³/mol. The van der Waals surface area contributed by atoms with E-state index >= 15 is 0 Å². The van der Waals surface area contributed by atoms with Gasteiger partial charge in [-0.25, -0.2) is 9.59 Å². The van der Waals surface area contributed by atoms with Crippen molar-refractivity contribution in [2.45, 2.75) is 90.1 Å². The number of carbonyl (C=O) groups excluding carboxylic acids is 4. The molecule has 44 heavy (non-hydrogen) atoms. The Hall–Kier alpha value is -3.75. The Balaban J connectivity index is 1.44. The van der Waals surface area contributed by atoms with Crippen molar-refractivity contribution in [1.29, 1.82) is 0 Å². The molecule has 2 atom stereocenters. The number of nitrogens with zero attached hydrogens (tertiary/aromatic N) is 2. The fourth-order valence-corrected chi connectivity index (χ4v) is 5.28. The highest BCUT2D eigenvalue weighted by molar-refractivity contribution is 5.86. The van der Waals surface area contributed by atoms with Crippen LogP contribution in [0, 0.1) is 24.2 Å². The molecule has 3 rings (SSSR count). The van der Waals surface area contributed by atoms with Gasteiger partial charge in [-0.2, -0.15) is 13.2 Å². The molecule has 0 bridgehead atoms. The Morgan fingerprint density at radius 1 is 1.02 bits per heavy atom. The standard InChI is InChI=1S/C32H42F3N3O6/c1-5-7-26(29(41)43-21-23-9-12-25(13-10-23)32(33,34)35)36-28(40)24-8-6-17-38(20-24)27(39)14-11-22-15-18-37(19-16-22)30(42)44-31(2,3)4/h1,9-10,12-13,22,24,26H,6-8,11,14-21H2,2-4H3,(H,36,40)/t24-,26+/m1/s1. The quantitative estimate of drug-likeness (QED) is 0.310. The van der Waals surface area contributed by atoms with Gasteiger partial charge in [-0.15, -0.1) is 12.3 Å². The third kappa shape index (κ3) is 10.8. The zero-order valence-corrected chi connectivity index (χ0v) is 25.6. The van der Waals surface area contributed by atoms with Crippen molar-refractivity contribution >= 4 is 23.9 Å². The van der Waals surface area contributed by atoms with E-state index in [2.05, 4.69) is 11.2 Å². The van der Waals surface area contributed by atoms with E-state index in [0.29, 0.717) is 56.8 Å². The van der Waals surface area contributed by atoms with Crippen LogP contribution >= 0.6 is 0 Å². The van der Waals surface area contributed by atoms with Crippen molar-refractivity contribution in [3.8, 4) is 12.3 Å². The van der Waals surface area contributed by atoms with E-state index < -0.39 is 41.2 Å². The van der Waals surface area contributed by atoms with Crippen molar-refractivity contribution in [3.05, 3.63) is 35.4 Å². The molecule has 2 saturated heterocycles. The van der Waals surface area contributed by atoms with Crippen molar-refractivity contribution in [3.63, 3.8) is 0 Å². The van der Waals surface area contributed by atoms with Crippen LogP contribution in [0.5, 0.6) is 0 Å². The molecule has 0 radical (unpaired) electrons. The second-order valence-electron chi connectivity index (χ2n) is 12.4. The summed E-state index contributed by atoms with van der Waals surface area (Å²) in [5, 5.41) is 2.64. The van der Waals surface area contributed by atoms with Gasteiger partial charge in [0.1, 0.15) is 18.2 Å². The van der Waals surface area contributed by atoms with Gasteiger partial charge in [-0.3, -0.25) is 9.59 Å². The Bertz CT molecular complexity index is 1200. The number of hydrogen-bond acceptors (Lipinski definition) is 6. The number of hydrogen-bond donors (Lipinski definition) is 1. The van der Waals surface area contributed by atoms with Crippen LogP contribution in [-0.4, -0.2) is 71.5 Å². The van der Waals surface area contributed by atoms with Crippen molar-refractivity contribution in [2.75, 3.05) is 26.2 Å². The maximum absolute atomic E-state index is 13.1. The van der Waals surface area contributed by atoms with E-state index in [-0.39, 0.29) is 31.6 Å². The number of rotatable bonds is 9. The van der Waals surface area contributed by atoms with E-state index in [1.807, 2.05) is 20.8 Å². The molecule has 0 aliphatic carbocycles. The number of amides is 3. The van der Waals surface area contributed by atoms with E-state index in [0.717, 1.165) is 25.0 Å². The summed E-state index contributed by atoms with van der Waals surface area (Å²) in [4.78, 5) is 54.4. The number of esters is 1. The van der Waals surface area contributed by atoms with Crippen LogP contribution in [0.4, 0.5) is 18.0 Å². The van der Waals surface area contributed by atoms with E-state index in [4.69, 9.17) is 15.9 Å². The van der Waals surface area contributed by atoms with Gasteiger partial charge in [-0.05, 0) is 76.5 Å². The van der Waals surface area contributed by atoms with Gasteiger partial charge in [0.25, 0.3) is 0 Å². The average Bonchev–Trinajstić information content (AvgIpc) is 2.97. The predicted octanol–water partition coefficient (Wildman–Crippen LogP) is 4.92. The molecule has 0 aromatic heterocycles. The minimum atomic E-state index is -4.47. The second kappa shape index (κ2) is 15.3. The molecule has 0 saturated carbocycles. The lowest BCUT2D eigenvalue weighted by atomic mass is 9.91. The smallest absolute Gasteiger partial charge is 0.416 e. The molecule has 2 aliphatic heterocycles. The van der Waals surface area contributed by atoms with Gasteiger partial charge in [0, 0.05) is 39.0 Å². The summed E-state index contributed by atoms with van der Waals surface area (Å²) in [6.07, 6.45) is 4.29. The third-order valence-corrected chi connectivity index (χ3v) is 7.76. The highest BCUT2D eigenvalue weighted by Crippen LogP contribution is 2.29. The van der Waals surface area contributed by atoms with Crippen LogP contribution in [0.3, 0.4) is 0 Å². The molecule has 2 fully saturated rings. The number of carbonyl (C=O) groups is 4. The van der Waals surface area contributed by atoms with Gasteiger partial charge < -0.3 is 24.6 Å². The van der Waals surface area contributed by atoms with Crippen LogP contribution in [-0.2, 0) is 36.6 Å². The number of piperidine rings is 2. The molecule has 3 amide bonds. The van der Waals surface area contributed by atoms with Crippen LogP contribution in [0.2, 0.25) is 0 Å². The minimum Gasteiger partial charge on any atom is -0.459 e. The first kappa shape index (κ1) is 34.7. The molecular formula is C32H42F3N3O6. The summed E-state index contributed by atoms with van der Waals surface area (Å²) in [5.74, 6) is 0.896. The first-order valence-electron chi connectivity index (χ1n) is 15.0. The summed E-state index contributed by atoms with van der Waals surface area (Å²) in [7, 11) is 0. The van der Waals surface area contributed by atoms with E-state index in [1.165, 1.54) is 12.1 Å². The normalized spacial score (nSPS) is 18.6. The van der Waals surface area contributed by atoms with E-state index in [1.54, 1.807) is 9.80 Å². The highest BCUT2D eigenvalue weighted by atomic mass is 19.4. The maximum Gasteiger partial charge on any atom is 0.416 e. The molecule has 1 aromatic carbocycles. The van der Waals surface area contributed by atoms with Crippen molar-refractivity contribution < 1.29 is 41.8 Å². The number of alkyl halides is 3. The van der Waals surface area contributed by atoms with E-state index in [9.17, 15) is 32.3 Å². The zero-order valence-electron chi connectivity index (χ0n) is 25.6. The molecule has 242 valence electrons.